The summed E-state index contributed by atoms with van der Waals surface area (Å²) in [5, 5.41) is 6.03. The molecule has 1 aliphatic heterocycles. The van der Waals surface area contributed by atoms with Crippen LogP contribution in [0, 0.1) is 19.7 Å². The molecule has 0 spiro atoms. The molecule has 1 aliphatic rings. The number of urea groups is 1. The fourth-order valence-electron chi connectivity index (χ4n) is 3.99. The summed E-state index contributed by atoms with van der Waals surface area (Å²) in [6.45, 7) is 7.75. The molecule has 5 heteroatoms. The van der Waals surface area contributed by atoms with E-state index in [1.54, 1.807) is 12.1 Å². The molecule has 0 radical (unpaired) electrons. The van der Waals surface area contributed by atoms with Crippen LogP contribution in [0.1, 0.15) is 48.1 Å². The van der Waals surface area contributed by atoms with Gasteiger partial charge in [-0.3, -0.25) is 0 Å². The molecule has 0 bridgehead atoms. The molecule has 1 unspecified atom stereocenters. The van der Waals surface area contributed by atoms with Crippen molar-refractivity contribution in [2.45, 2.75) is 45.1 Å². The summed E-state index contributed by atoms with van der Waals surface area (Å²) < 4.78 is 19.3. The van der Waals surface area contributed by atoms with E-state index in [1.165, 1.54) is 17.2 Å². The minimum Gasteiger partial charge on any atom is -0.381 e. The van der Waals surface area contributed by atoms with E-state index in [4.69, 9.17) is 4.74 Å². The second-order valence-corrected chi connectivity index (χ2v) is 7.87. The van der Waals surface area contributed by atoms with E-state index < -0.39 is 0 Å². The van der Waals surface area contributed by atoms with Gasteiger partial charge in [0.15, 0.2) is 0 Å². The lowest BCUT2D eigenvalue weighted by Crippen LogP contribution is -2.47. The first-order chi connectivity index (χ1) is 13.4. The Morgan fingerprint density at radius 3 is 2.46 bits per heavy atom. The number of hydrogen-bond acceptors (Lipinski definition) is 2. The maximum atomic E-state index is 13.8. The monoisotopic (exact) mass is 384 g/mol. The first-order valence-electron chi connectivity index (χ1n) is 9.84. The molecule has 0 aliphatic carbocycles. The molecule has 3 rings (SSSR count). The second-order valence-electron chi connectivity index (χ2n) is 7.87. The number of hydrogen-bond donors (Lipinski definition) is 2. The van der Waals surface area contributed by atoms with Gasteiger partial charge < -0.3 is 15.4 Å². The molecule has 2 N–H and O–H groups in total. The van der Waals surface area contributed by atoms with Gasteiger partial charge in [-0.2, -0.15) is 0 Å². The van der Waals surface area contributed by atoms with Crippen molar-refractivity contribution >= 4 is 6.03 Å². The van der Waals surface area contributed by atoms with Gasteiger partial charge in [-0.05, 0) is 56.9 Å². The Balaban J connectivity index is 1.67. The van der Waals surface area contributed by atoms with Gasteiger partial charge in [0.05, 0.1) is 6.04 Å². The standard InChI is InChI=1S/C23H29FN2O2/c1-16-11-17(2)13-19(12-16)18(3)26-22(27)25-15-23(7-9-28-10-8-23)20-5-4-6-21(24)14-20/h4-6,11-14,18H,7-10,15H2,1-3H3,(H2,25,26,27). The average Bonchev–Trinajstić information content (AvgIpc) is 2.66. The molecule has 1 saturated heterocycles. The zero-order chi connectivity index (χ0) is 20.1. The number of rotatable bonds is 5. The van der Waals surface area contributed by atoms with Gasteiger partial charge in [0.1, 0.15) is 5.82 Å². The lowest BCUT2D eigenvalue weighted by atomic mass is 9.74. The molecule has 1 fully saturated rings. The third-order valence-electron chi connectivity index (χ3n) is 5.57. The summed E-state index contributed by atoms with van der Waals surface area (Å²) >= 11 is 0. The van der Waals surface area contributed by atoms with Crippen LogP contribution >= 0.6 is 0 Å². The number of nitrogens with one attached hydrogen (secondary N) is 2. The SMILES string of the molecule is Cc1cc(C)cc(C(C)NC(=O)NCC2(c3cccc(F)c3)CCOCC2)c1. The molecular formula is C23H29FN2O2. The number of benzene rings is 2. The summed E-state index contributed by atoms with van der Waals surface area (Å²) in [4.78, 5) is 12.6. The number of halogens is 1. The molecule has 1 heterocycles. The Labute approximate surface area is 166 Å². The Morgan fingerprint density at radius 2 is 1.82 bits per heavy atom. The van der Waals surface area contributed by atoms with Crippen LogP contribution in [0.15, 0.2) is 42.5 Å². The molecule has 150 valence electrons. The van der Waals surface area contributed by atoms with E-state index in [9.17, 15) is 9.18 Å². The van der Waals surface area contributed by atoms with E-state index in [2.05, 4.69) is 42.7 Å². The van der Waals surface area contributed by atoms with E-state index in [0.29, 0.717) is 19.8 Å². The Kier molecular flexibility index (Phi) is 6.35. The van der Waals surface area contributed by atoms with Crippen LogP contribution in [-0.4, -0.2) is 25.8 Å². The van der Waals surface area contributed by atoms with E-state index in [1.807, 2.05) is 13.0 Å². The molecule has 1 atom stereocenters. The quantitative estimate of drug-likeness (QED) is 0.794. The van der Waals surface area contributed by atoms with Crippen molar-refractivity contribution in [2.24, 2.45) is 0 Å². The lowest BCUT2D eigenvalue weighted by Gasteiger charge is -2.38. The maximum Gasteiger partial charge on any atom is 0.315 e. The smallest absolute Gasteiger partial charge is 0.315 e. The summed E-state index contributed by atoms with van der Waals surface area (Å²) in [5.74, 6) is -0.253. The molecule has 2 amide bonds. The zero-order valence-electron chi connectivity index (χ0n) is 16.8. The highest BCUT2D eigenvalue weighted by atomic mass is 19.1. The number of ether oxygens (including phenoxy) is 1. The Bertz CT molecular complexity index is 811. The Morgan fingerprint density at radius 1 is 1.14 bits per heavy atom. The summed E-state index contributed by atoms with van der Waals surface area (Å²) in [6.07, 6.45) is 1.51. The van der Waals surface area contributed by atoms with Crippen LogP contribution in [0.5, 0.6) is 0 Å². The lowest BCUT2D eigenvalue weighted by molar-refractivity contribution is 0.0505. The third-order valence-corrected chi connectivity index (χ3v) is 5.57. The molecule has 28 heavy (non-hydrogen) atoms. The van der Waals surface area contributed by atoms with Gasteiger partial charge >= 0.3 is 6.03 Å². The van der Waals surface area contributed by atoms with Gasteiger partial charge in [0.25, 0.3) is 0 Å². The molecule has 0 saturated carbocycles. The van der Waals surface area contributed by atoms with Gasteiger partial charge in [-0.1, -0.05) is 41.5 Å². The average molecular weight is 384 g/mol. The molecular weight excluding hydrogens is 355 g/mol. The fourth-order valence-corrected chi connectivity index (χ4v) is 3.99. The van der Waals surface area contributed by atoms with E-state index >= 15 is 0 Å². The first-order valence-corrected chi connectivity index (χ1v) is 9.84. The normalized spacial score (nSPS) is 17.0. The number of amides is 2. The molecule has 2 aromatic carbocycles. The molecule has 2 aromatic rings. The van der Waals surface area contributed by atoms with Gasteiger partial charge in [-0.15, -0.1) is 0 Å². The van der Waals surface area contributed by atoms with Crippen molar-refractivity contribution in [2.75, 3.05) is 19.8 Å². The predicted molar refractivity (Wildman–Crippen MR) is 109 cm³/mol. The van der Waals surface area contributed by atoms with Crippen LogP contribution in [0.2, 0.25) is 0 Å². The van der Waals surface area contributed by atoms with Crippen LogP contribution < -0.4 is 10.6 Å². The van der Waals surface area contributed by atoms with Crippen molar-refractivity contribution in [3.8, 4) is 0 Å². The van der Waals surface area contributed by atoms with Crippen LogP contribution in [0.3, 0.4) is 0 Å². The summed E-state index contributed by atoms with van der Waals surface area (Å²) in [7, 11) is 0. The minimum absolute atomic E-state index is 0.0987. The Hall–Kier alpha value is -2.40. The topological polar surface area (TPSA) is 50.4 Å². The van der Waals surface area contributed by atoms with Crippen molar-refractivity contribution in [1.29, 1.82) is 0 Å². The van der Waals surface area contributed by atoms with Crippen molar-refractivity contribution in [3.63, 3.8) is 0 Å². The molecule has 0 aromatic heterocycles. The van der Waals surface area contributed by atoms with Gasteiger partial charge in [0, 0.05) is 25.2 Å². The third kappa shape index (κ3) is 4.90. The van der Waals surface area contributed by atoms with Gasteiger partial charge in [-0.25, -0.2) is 9.18 Å². The largest absolute Gasteiger partial charge is 0.381 e. The second kappa shape index (κ2) is 8.74. The molecule has 4 nitrogen and oxygen atoms in total. The number of carbonyl (C=O) groups is 1. The summed E-state index contributed by atoms with van der Waals surface area (Å²) in [5.41, 5.74) is 4.05. The fraction of sp³-hybridized carbons (Fsp3) is 0.435. The highest BCUT2D eigenvalue weighted by Gasteiger charge is 2.35. The summed E-state index contributed by atoms with van der Waals surface area (Å²) in [6, 6.07) is 12.7. The number of aryl methyl sites for hydroxylation is 2. The van der Waals surface area contributed by atoms with Crippen molar-refractivity contribution in [3.05, 3.63) is 70.5 Å². The first kappa shape index (κ1) is 20.3. The van der Waals surface area contributed by atoms with E-state index in [-0.39, 0.29) is 23.3 Å². The van der Waals surface area contributed by atoms with Crippen molar-refractivity contribution < 1.29 is 13.9 Å². The minimum atomic E-state index is -0.305. The van der Waals surface area contributed by atoms with Crippen LogP contribution in [0.25, 0.3) is 0 Å². The predicted octanol–water partition coefficient (Wildman–Crippen LogP) is 4.55. The van der Waals surface area contributed by atoms with Crippen LogP contribution in [-0.2, 0) is 10.2 Å². The number of carbonyl (C=O) groups excluding carboxylic acids is 1. The van der Waals surface area contributed by atoms with E-state index in [0.717, 1.165) is 24.0 Å². The highest BCUT2D eigenvalue weighted by molar-refractivity contribution is 5.74. The van der Waals surface area contributed by atoms with Crippen molar-refractivity contribution in [1.82, 2.24) is 10.6 Å². The van der Waals surface area contributed by atoms with Crippen LogP contribution in [0.4, 0.5) is 9.18 Å². The maximum absolute atomic E-state index is 13.8. The highest BCUT2D eigenvalue weighted by Crippen LogP contribution is 2.34. The van der Waals surface area contributed by atoms with Gasteiger partial charge in [0.2, 0.25) is 0 Å². The zero-order valence-corrected chi connectivity index (χ0v) is 16.8.